The molecule has 1 aromatic carbocycles. The van der Waals surface area contributed by atoms with Gasteiger partial charge in [0.05, 0.1) is 11.1 Å². The van der Waals surface area contributed by atoms with Crippen LogP contribution < -0.4 is 0 Å². The summed E-state index contributed by atoms with van der Waals surface area (Å²) in [5.41, 5.74) is 1.61. The molecule has 0 saturated carbocycles. The van der Waals surface area contributed by atoms with Crippen LogP contribution in [-0.2, 0) is 12.8 Å². The maximum Gasteiger partial charge on any atom is 0.336 e. The van der Waals surface area contributed by atoms with E-state index in [1.165, 1.54) is 31.7 Å². The van der Waals surface area contributed by atoms with E-state index in [4.69, 9.17) is 0 Å². The molecule has 1 aromatic rings. The zero-order chi connectivity index (χ0) is 20.8. The summed E-state index contributed by atoms with van der Waals surface area (Å²) >= 11 is 3.83. The Morgan fingerprint density at radius 1 is 0.786 bits per heavy atom. The van der Waals surface area contributed by atoms with Gasteiger partial charge in [0, 0.05) is 0 Å². The van der Waals surface area contributed by atoms with Crippen LogP contribution >= 0.6 is 23.5 Å². The van der Waals surface area contributed by atoms with Crippen LogP contribution in [0.3, 0.4) is 0 Å². The number of aromatic carboxylic acids is 2. The van der Waals surface area contributed by atoms with Gasteiger partial charge in [0.15, 0.2) is 0 Å². The van der Waals surface area contributed by atoms with Gasteiger partial charge in [0.25, 0.3) is 0 Å². The Morgan fingerprint density at radius 3 is 1.82 bits per heavy atom. The molecular formula is C22H34O4S2. The van der Waals surface area contributed by atoms with Gasteiger partial charge in [-0.15, -0.1) is 0 Å². The summed E-state index contributed by atoms with van der Waals surface area (Å²) in [5.74, 6) is 2.01. The fraction of sp³-hybridized carbons (Fsp3) is 0.636. The highest BCUT2D eigenvalue weighted by atomic mass is 32.2. The Hall–Kier alpha value is -1.14. The lowest BCUT2D eigenvalue weighted by atomic mass is 9.91. The second kappa shape index (κ2) is 14.8. The molecule has 4 nitrogen and oxygen atoms in total. The first kappa shape index (κ1) is 24.9. The van der Waals surface area contributed by atoms with Gasteiger partial charge in [-0.1, -0.05) is 32.8 Å². The maximum absolute atomic E-state index is 11.8. The zero-order valence-corrected chi connectivity index (χ0v) is 18.8. The number of carboxylic acid groups (broad SMARTS) is 2. The first-order valence-electron chi connectivity index (χ1n) is 10.3. The van der Waals surface area contributed by atoms with Crippen molar-refractivity contribution in [3.8, 4) is 0 Å². The molecule has 0 amide bonds. The fourth-order valence-corrected chi connectivity index (χ4v) is 5.14. The predicted octanol–water partition coefficient (Wildman–Crippen LogP) is 6.01. The lowest BCUT2D eigenvalue weighted by Gasteiger charge is -2.15. The Bertz CT molecular complexity index is 617. The molecule has 0 unspecified atom stereocenters. The van der Waals surface area contributed by atoms with Gasteiger partial charge in [-0.05, 0) is 78.7 Å². The molecule has 0 aliphatic heterocycles. The van der Waals surface area contributed by atoms with E-state index >= 15 is 0 Å². The summed E-state index contributed by atoms with van der Waals surface area (Å²) in [7, 11) is 0. The summed E-state index contributed by atoms with van der Waals surface area (Å²) in [5, 5.41) is 19.1. The highest BCUT2D eigenvalue weighted by molar-refractivity contribution is 7.99. The van der Waals surface area contributed by atoms with Gasteiger partial charge in [-0.25, -0.2) is 9.59 Å². The first-order valence-corrected chi connectivity index (χ1v) is 12.6. The van der Waals surface area contributed by atoms with Crippen molar-refractivity contribution in [3.63, 3.8) is 0 Å². The molecule has 0 heterocycles. The summed E-state index contributed by atoms with van der Waals surface area (Å²) in [6.07, 6.45) is 8.08. The van der Waals surface area contributed by atoms with E-state index in [2.05, 4.69) is 13.8 Å². The van der Waals surface area contributed by atoms with E-state index in [9.17, 15) is 19.8 Å². The summed E-state index contributed by atoms with van der Waals surface area (Å²) in [6, 6.07) is 3.29. The second-order valence-electron chi connectivity index (χ2n) is 6.88. The van der Waals surface area contributed by atoms with E-state index < -0.39 is 11.9 Å². The number of rotatable bonds is 16. The molecule has 0 spiro atoms. The number of thioether (sulfide) groups is 2. The molecule has 2 N–H and O–H groups in total. The average molecular weight is 427 g/mol. The Labute approximate surface area is 177 Å². The normalized spacial score (nSPS) is 10.9. The van der Waals surface area contributed by atoms with Crippen molar-refractivity contribution in [1.29, 1.82) is 0 Å². The second-order valence-corrected chi connectivity index (χ2v) is 9.32. The highest BCUT2D eigenvalue weighted by Crippen LogP contribution is 2.24. The van der Waals surface area contributed by atoms with E-state index in [1.54, 1.807) is 0 Å². The SMILES string of the molecule is CCCCSCCCc1ccc(C(=O)O)c(C(=O)O)c1CCCSCCCC. The molecule has 0 aromatic heterocycles. The number of carboxylic acids is 2. The van der Waals surface area contributed by atoms with Crippen LogP contribution in [0.15, 0.2) is 12.1 Å². The van der Waals surface area contributed by atoms with Gasteiger partial charge in [-0.3, -0.25) is 0 Å². The van der Waals surface area contributed by atoms with Crippen molar-refractivity contribution in [2.75, 3.05) is 23.0 Å². The lowest BCUT2D eigenvalue weighted by Crippen LogP contribution is -2.14. The largest absolute Gasteiger partial charge is 0.478 e. The maximum atomic E-state index is 11.8. The smallest absolute Gasteiger partial charge is 0.336 e. The van der Waals surface area contributed by atoms with Crippen molar-refractivity contribution in [1.82, 2.24) is 0 Å². The third kappa shape index (κ3) is 8.91. The minimum Gasteiger partial charge on any atom is -0.478 e. The Morgan fingerprint density at radius 2 is 1.32 bits per heavy atom. The lowest BCUT2D eigenvalue weighted by molar-refractivity contribution is 0.0650. The van der Waals surface area contributed by atoms with Crippen molar-refractivity contribution in [2.45, 2.75) is 65.2 Å². The molecule has 0 fully saturated rings. The number of benzene rings is 1. The molecule has 0 aliphatic carbocycles. The van der Waals surface area contributed by atoms with E-state index in [0.29, 0.717) is 6.42 Å². The molecule has 1 rings (SSSR count). The van der Waals surface area contributed by atoms with Crippen LogP contribution in [-0.4, -0.2) is 45.2 Å². The third-order valence-corrected chi connectivity index (χ3v) is 6.90. The molecule has 0 bridgehead atoms. The predicted molar refractivity (Wildman–Crippen MR) is 121 cm³/mol. The van der Waals surface area contributed by atoms with Crippen LogP contribution in [0.2, 0.25) is 0 Å². The van der Waals surface area contributed by atoms with E-state index in [1.807, 2.05) is 29.6 Å². The summed E-state index contributed by atoms with van der Waals surface area (Å²) < 4.78 is 0. The van der Waals surface area contributed by atoms with Gasteiger partial charge in [-0.2, -0.15) is 23.5 Å². The van der Waals surface area contributed by atoms with Crippen molar-refractivity contribution in [3.05, 3.63) is 34.4 Å². The molecule has 28 heavy (non-hydrogen) atoms. The first-order chi connectivity index (χ1) is 13.5. The van der Waals surface area contributed by atoms with Gasteiger partial charge in [0.2, 0.25) is 0 Å². The highest BCUT2D eigenvalue weighted by Gasteiger charge is 2.22. The van der Waals surface area contributed by atoms with Crippen LogP contribution in [0.4, 0.5) is 0 Å². The quantitative estimate of drug-likeness (QED) is 0.315. The number of hydrogen-bond donors (Lipinski definition) is 2. The molecule has 6 heteroatoms. The topological polar surface area (TPSA) is 74.6 Å². The summed E-state index contributed by atoms with van der Waals surface area (Å²) in [6.45, 7) is 4.36. The van der Waals surface area contributed by atoms with Gasteiger partial charge >= 0.3 is 11.9 Å². The molecule has 0 saturated heterocycles. The van der Waals surface area contributed by atoms with Crippen LogP contribution in [0.5, 0.6) is 0 Å². The van der Waals surface area contributed by atoms with Gasteiger partial charge in [0.1, 0.15) is 0 Å². The van der Waals surface area contributed by atoms with Crippen LogP contribution in [0.25, 0.3) is 0 Å². The number of aryl methyl sites for hydroxylation is 1. The van der Waals surface area contributed by atoms with Crippen LogP contribution in [0, 0.1) is 0 Å². The average Bonchev–Trinajstić information content (AvgIpc) is 2.67. The van der Waals surface area contributed by atoms with Crippen molar-refractivity contribution >= 4 is 35.5 Å². The summed E-state index contributed by atoms with van der Waals surface area (Å²) in [4.78, 5) is 23.4. The van der Waals surface area contributed by atoms with Crippen molar-refractivity contribution in [2.24, 2.45) is 0 Å². The zero-order valence-electron chi connectivity index (χ0n) is 17.2. The van der Waals surface area contributed by atoms with E-state index in [0.717, 1.165) is 53.4 Å². The molecule has 0 aliphatic rings. The fourth-order valence-electron chi connectivity index (χ4n) is 3.05. The molecule has 0 atom stereocenters. The standard InChI is InChI=1S/C22H34O4S2/c1-3-5-13-27-15-7-9-17-11-12-19(21(23)24)20(22(25)26)18(17)10-8-16-28-14-6-4-2/h11-12H,3-10,13-16H2,1-2H3,(H,23,24)(H,25,26). The molecule has 0 radical (unpaired) electrons. The molecular weight excluding hydrogens is 392 g/mol. The van der Waals surface area contributed by atoms with Gasteiger partial charge < -0.3 is 10.2 Å². The number of carbonyl (C=O) groups is 2. The minimum atomic E-state index is -1.17. The third-order valence-electron chi connectivity index (χ3n) is 4.59. The minimum absolute atomic E-state index is 0.0119. The number of hydrogen-bond acceptors (Lipinski definition) is 4. The Balaban J connectivity index is 2.85. The van der Waals surface area contributed by atoms with Crippen LogP contribution in [0.1, 0.15) is 84.2 Å². The van der Waals surface area contributed by atoms with Crippen molar-refractivity contribution < 1.29 is 19.8 Å². The molecule has 158 valence electrons. The van der Waals surface area contributed by atoms with E-state index in [-0.39, 0.29) is 11.1 Å². The Kier molecular flexibility index (Phi) is 13.2. The monoisotopic (exact) mass is 426 g/mol. The number of unbranched alkanes of at least 4 members (excludes halogenated alkanes) is 2.